The van der Waals surface area contributed by atoms with Crippen molar-refractivity contribution in [2.45, 2.75) is 26.3 Å². The van der Waals surface area contributed by atoms with Crippen LogP contribution in [0.15, 0.2) is 35.6 Å². The van der Waals surface area contributed by atoms with Crippen molar-refractivity contribution in [2.75, 3.05) is 4.90 Å². The van der Waals surface area contributed by atoms with Gasteiger partial charge < -0.3 is 10.5 Å². The second-order valence-electron chi connectivity index (χ2n) is 5.01. The SMILES string of the molecule is C/C(O)=C1\C(=N)C(C)(C)N(c2ccc(Cl)cc2)C1=O. The third-order valence-electron chi connectivity index (χ3n) is 3.28. The van der Waals surface area contributed by atoms with Crippen LogP contribution in [0.1, 0.15) is 20.8 Å². The van der Waals surface area contributed by atoms with Crippen LogP contribution in [-0.2, 0) is 4.79 Å². The summed E-state index contributed by atoms with van der Waals surface area (Å²) in [6.45, 7) is 4.97. The highest BCUT2D eigenvalue weighted by molar-refractivity contribution is 6.36. The Bertz CT molecular complexity index is 584. The van der Waals surface area contributed by atoms with E-state index >= 15 is 0 Å². The van der Waals surface area contributed by atoms with Crippen molar-refractivity contribution in [2.24, 2.45) is 0 Å². The average molecular weight is 279 g/mol. The van der Waals surface area contributed by atoms with Gasteiger partial charge in [0.05, 0.1) is 11.3 Å². The molecule has 0 unspecified atom stereocenters. The monoisotopic (exact) mass is 278 g/mol. The minimum atomic E-state index is -0.801. The van der Waals surface area contributed by atoms with Crippen LogP contribution in [0.25, 0.3) is 0 Å². The molecule has 2 rings (SSSR count). The van der Waals surface area contributed by atoms with E-state index in [1.807, 2.05) is 0 Å². The number of carbonyl (C=O) groups is 1. The minimum Gasteiger partial charge on any atom is -0.512 e. The molecule has 1 aliphatic heterocycles. The van der Waals surface area contributed by atoms with Crippen LogP contribution in [0.2, 0.25) is 5.02 Å². The van der Waals surface area contributed by atoms with Gasteiger partial charge in [-0.25, -0.2) is 0 Å². The highest BCUT2D eigenvalue weighted by Gasteiger charge is 2.48. The molecule has 0 radical (unpaired) electrons. The zero-order chi connectivity index (χ0) is 14.4. The maximum atomic E-state index is 12.4. The van der Waals surface area contributed by atoms with E-state index in [0.29, 0.717) is 10.7 Å². The van der Waals surface area contributed by atoms with Crippen LogP contribution >= 0.6 is 11.6 Å². The molecule has 0 atom stereocenters. The molecular formula is C14H15ClN2O2. The number of nitrogens with zero attached hydrogens (tertiary/aromatic N) is 1. The molecule has 1 aliphatic rings. The molecule has 1 fully saturated rings. The zero-order valence-corrected chi connectivity index (χ0v) is 11.7. The van der Waals surface area contributed by atoms with Gasteiger partial charge in [-0.2, -0.15) is 0 Å². The highest BCUT2D eigenvalue weighted by atomic mass is 35.5. The Morgan fingerprint density at radius 2 is 1.84 bits per heavy atom. The van der Waals surface area contributed by atoms with E-state index in [1.165, 1.54) is 11.8 Å². The lowest BCUT2D eigenvalue weighted by atomic mass is 9.96. The van der Waals surface area contributed by atoms with Crippen LogP contribution in [-0.4, -0.2) is 22.3 Å². The topological polar surface area (TPSA) is 64.4 Å². The number of amides is 1. The normalized spacial score (nSPS) is 20.9. The Labute approximate surface area is 116 Å². The van der Waals surface area contributed by atoms with E-state index in [4.69, 9.17) is 17.0 Å². The molecule has 0 aliphatic carbocycles. The van der Waals surface area contributed by atoms with Gasteiger partial charge in [0.25, 0.3) is 5.91 Å². The van der Waals surface area contributed by atoms with Gasteiger partial charge in [-0.15, -0.1) is 0 Å². The molecule has 1 aromatic rings. The Morgan fingerprint density at radius 3 is 2.26 bits per heavy atom. The van der Waals surface area contributed by atoms with E-state index in [0.717, 1.165) is 0 Å². The maximum Gasteiger partial charge on any atom is 0.264 e. The number of anilines is 1. The summed E-state index contributed by atoms with van der Waals surface area (Å²) >= 11 is 5.84. The van der Waals surface area contributed by atoms with Gasteiger partial charge in [-0.1, -0.05) is 11.6 Å². The summed E-state index contributed by atoms with van der Waals surface area (Å²) in [5, 5.41) is 18.3. The molecule has 1 amide bonds. The summed E-state index contributed by atoms with van der Waals surface area (Å²) in [5.41, 5.74) is 0.0392. The van der Waals surface area contributed by atoms with Crippen LogP contribution in [0.3, 0.4) is 0 Å². The van der Waals surface area contributed by atoms with E-state index in [9.17, 15) is 9.90 Å². The third-order valence-corrected chi connectivity index (χ3v) is 3.54. The second kappa shape index (κ2) is 4.38. The molecule has 0 bridgehead atoms. The van der Waals surface area contributed by atoms with Gasteiger partial charge in [0.15, 0.2) is 0 Å². The van der Waals surface area contributed by atoms with E-state index in [-0.39, 0.29) is 23.0 Å². The number of allylic oxidation sites excluding steroid dienone is 1. The lowest BCUT2D eigenvalue weighted by Gasteiger charge is -2.30. The highest BCUT2D eigenvalue weighted by Crippen LogP contribution is 2.36. The number of aliphatic hydroxyl groups excluding tert-OH is 1. The number of rotatable bonds is 1. The van der Waals surface area contributed by atoms with Crippen molar-refractivity contribution in [1.29, 1.82) is 5.41 Å². The fourth-order valence-corrected chi connectivity index (χ4v) is 2.38. The summed E-state index contributed by atoms with van der Waals surface area (Å²) in [6, 6.07) is 6.84. The molecule has 0 aromatic heterocycles. The predicted octanol–water partition coefficient (Wildman–Crippen LogP) is 3.32. The average Bonchev–Trinajstić information content (AvgIpc) is 2.48. The van der Waals surface area contributed by atoms with Crippen molar-refractivity contribution in [1.82, 2.24) is 0 Å². The Morgan fingerprint density at radius 1 is 1.32 bits per heavy atom. The molecule has 1 heterocycles. The molecule has 1 aromatic carbocycles. The molecule has 4 nitrogen and oxygen atoms in total. The standard InChI is InChI=1S/C14H15ClN2O2/c1-8(18)11-12(16)14(2,3)17(13(11)19)10-6-4-9(15)5-7-10/h4-7,16,18H,1-3H3/b11-8-,16-12?. The molecule has 0 spiro atoms. The Balaban J connectivity index is 2.58. The third kappa shape index (κ3) is 2.02. The first-order valence-corrected chi connectivity index (χ1v) is 6.24. The van der Waals surface area contributed by atoms with Crippen LogP contribution in [0, 0.1) is 5.41 Å². The van der Waals surface area contributed by atoms with Gasteiger partial charge in [-0.05, 0) is 45.0 Å². The zero-order valence-electron chi connectivity index (χ0n) is 11.0. The first-order valence-electron chi connectivity index (χ1n) is 5.86. The quantitative estimate of drug-likeness (QED) is 0.611. The van der Waals surface area contributed by atoms with Crippen LogP contribution < -0.4 is 4.90 Å². The van der Waals surface area contributed by atoms with Crippen molar-refractivity contribution >= 4 is 28.9 Å². The molecule has 1 saturated heterocycles. The summed E-state index contributed by atoms with van der Waals surface area (Å²) in [6.07, 6.45) is 0. The summed E-state index contributed by atoms with van der Waals surface area (Å²) < 4.78 is 0. The van der Waals surface area contributed by atoms with Gasteiger partial charge in [0.2, 0.25) is 0 Å². The van der Waals surface area contributed by atoms with E-state index < -0.39 is 5.54 Å². The van der Waals surface area contributed by atoms with Gasteiger partial charge in [-0.3, -0.25) is 9.69 Å². The smallest absolute Gasteiger partial charge is 0.264 e. The van der Waals surface area contributed by atoms with E-state index in [2.05, 4.69) is 0 Å². The summed E-state index contributed by atoms with van der Waals surface area (Å²) in [4.78, 5) is 13.9. The van der Waals surface area contributed by atoms with Crippen LogP contribution in [0.4, 0.5) is 5.69 Å². The first-order chi connectivity index (χ1) is 8.76. The van der Waals surface area contributed by atoms with E-state index in [1.54, 1.807) is 38.1 Å². The number of hydrogen-bond acceptors (Lipinski definition) is 3. The number of halogens is 1. The van der Waals surface area contributed by atoms with Crippen molar-refractivity contribution in [3.63, 3.8) is 0 Å². The molecule has 2 N–H and O–H groups in total. The Kier molecular flexibility index (Phi) is 3.14. The fourth-order valence-electron chi connectivity index (χ4n) is 2.26. The molecule has 0 saturated carbocycles. The number of hydrogen-bond donors (Lipinski definition) is 2. The van der Waals surface area contributed by atoms with Gasteiger partial charge in [0, 0.05) is 10.7 Å². The minimum absolute atomic E-state index is 0.0694. The second-order valence-corrected chi connectivity index (χ2v) is 5.45. The maximum absolute atomic E-state index is 12.4. The lowest BCUT2D eigenvalue weighted by Crippen LogP contribution is -2.44. The number of carbonyl (C=O) groups excluding carboxylic acids is 1. The lowest BCUT2D eigenvalue weighted by molar-refractivity contribution is -0.114. The largest absolute Gasteiger partial charge is 0.512 e. The van der Waals surface area contributed by atoms with Gasteiger partial charge >= 0.3 is 0 Å². The molecule has 100 valence electrons. The number of aliphatic hydroxyl groups is 1. The Hall–Kier alpha value is -1.81. The fraction of sp³-hybridized carbons (Fsp3) is 0.286. The summed E-state index contributed by atoms with van der Waals surface area (Å²) in [5.74, 6) is -0.489. The van der Waals surface area contributed by atoms with Crippen molar-refractivity contribution < 1.29 is 9.90 Å². The molecule has 19 heavy (non-hydrogen) atoms. The number of benzene rings is 1. The van der Waals surface area contributed by atoms with Crippen molar-refractivity contribution in [3.8, 4) is 0 Å². The van der Waals surface area contributed by atoms with Gasteiger partial charge in [0.1, 0.15) is 11.3 Å². The molecule has 5 heteroatoms. The van der Waals surface area contributed by atoms with Crippen LogP contribution in [0.5, 0.6) is 0 Å². The first kappa shape index (κ1) is 13.6. The predicted molar refractivity (Wildman–Crippen MR) is 76.1 cm³/mol. The summed E-state index contributed by atoms with van der Waals surface area (Å²) in [7, 11) is 0. The van der Waals surface area contributed by atoms with Crippen molar-refractivity contribution in [3.05, 3.63) is 40.6 Å². The number of nitrogens with one attached hydrogen (secondary N) is 1. The molecular weight excluding hydrogens is 264 g/mol.